The van der Waals surface area contributed by atoms with Gasteiger partial charge in [-0.3, -0.25) is 4.79 Å². The van der Waals surface area contributed by atoms with E-state index in [2.05, 4.69) is 10.1 Å². The Morgan fingerprint density at radius 3 is 2.35 bits per heavy atom. The minimum Gasteiger partial charge on any atom is -0.495 e. The van der Waals surface area contributed by atoms with Crippen LogP contribution in [0.15, 0.2) is 36.4 Å². The van der Waals surface area contributed by atoms with Crippen molar-refractivity contribution < 1.29 is 19.1 Å². The molecular formula is C17H16ClNO4. The van der Waals surface area contributed by atoms with Crippen molar-refractivity contribution in [2.45, 2.75) is 6.92 Å². The Labute approximate surface area is 139 Å². The van der Waals surface area contributed by atoms with E-state index in [1.807, 2.05) is 6.92 Å². The van der Waals surface area contributed by atoms with Crippen molar-refractivity contribution in [3.05, 3.63) is 58.1 Å². The molecule has 2 rings (SSSR count). The first-order valence-corrected chi connectivity index (χ1v) is 7.18. The summed E-state index contributed by atoms with van der Waals surface area (Å²) >= 11 is 6.03. The predicted octanol–water partition coefficient (Wildman–Crippen LogP) is 3.70. The zero-order chi connectivity index (χ0) is 17.0. The largest absolute Gasteiger partial charge is 0.495 e. The Hall–Kier alpha value is -2.53. The second kappa shape index (κ2) is 7.15. The standard InChI is InChI=1S/C17H16ClNO4/c1-10-4-5-12(17(21)23-3)9-14(10)19-16(20)11-6-7-15(22-2)13(18)8-11/h4-9H,1-3H3,(H,19,20). The predicted molar refractivity (Wildman–Crippen MR) is 88.5 cm³/mol. The van der Waals surface area contributed by atoms with Gasteiger partial charge in [0, 0.05) is 11.3 Å². The minimum absolute atomic E-state index is 0.334. The van der Waals surface area contributed by atoms with Crippen molar-refractivity contribution in [1.29, 1.82) is 0 Å². The van der Waals surface area contributed by atoms with Crippen LogP contribution in [0.4, 0.5) is 5.69 Å². The molecule has 0 saturated carbocycles. The first-order chi connectivity index (χ1) is 11.0. The van der Waals surface area contributed by atoms with Gasteiger partial charge in [0.05, 0.1) is 24.8 Å². The van der Waals surface area contributed by atoms with Crippen molar-refractivity contribution in [2.24, 2.45) is 0 Å². The minimum atomic E-state index is -0.465. The number of amides is 1. The zero-order valence-corrected chi connectivity index (χ0v) is 13.7. The van der Waals surface area contributed by atoms with E-state index in [0.29, 0.717) is 27.6 Å². The van der Waals surface area contributed by atoms with Gasteiger partial charge in [-0.2, -0.15) is 0 Å². The lowest BCUT2D eigenvalue weighted by molar-refractivity contribution is 0.0600. The Morgan fingerprint density at radius 1 is 1.04 bits per heavy atom. The first-order valence-electron chi connectivity index (χ1n) is 6.80. The number of methoxy groups -OCH3 is 2. The van der Waals surface area contributed by atoms with E-state index in [-0.39, 0.29) is 5.91 Å². The number of ether oxygens (including phenoxy) is 2. The maximum atomic E-state index is 12.3. The Bertz CT molecular complexity index is 758. The monoisotopic (exact) mass is 333 g/mol. The molecule has 2 aromatic carbocycles. The maximum absolute atomic E-state index is 12.3. The van der Waals surface area contributed by atoms with Crippen LogP contribution in [0.5, 0.6) is 5.75 Å². The van der Waals surface area contributed by atoms with Crippen LogP contribution in [-0.2, 0) is 4.74 Å². The van der Waals surface area contributed by atoms with E-state index in [0.717, 1.165) is 5.56 Å². The number of hydrogen-bond acceptors (Lipinski definition) is 4. The van der Waals surface area contributed by atoms with Gasteiger partial charge in [0.25, 0.3) is 5.91 Å². The number of halogens is 1. The molecular weight excluding hydrogens is 318 g/mol. The van der Waals surface area contributed by atoms with Gasteiger partial charge in [0.15, 0.2) is 0 Å². The molecule has 0 aliphatic rings. The van der Waals surface area contributed by atoms with Crippen molar-refractivity contribution in [3.8, 4) is 5.75 Å². The summed E-state index contributed by atoms with van der Waals surface area (Å²) in [7, 11) is 2.81. The lowest BCUT2D eigenvalue weighted by Gasteiger charge is -2.11. The molecule has 6 heteroatoms. The van der Waals surface area contributed by atoms with E-state index in [1.165, 1.54) is 20.3 Å². The number of benzene rings is 2. The molecule has 120 valence electrons. The van der Waals surface area contributed by atoms with Crippen LogP contribution in [0, 0.1) is 6.92 Å². The summed E-state index contributed by atoms with van der Waals surface area (Å²) in [6, 6.07) is 9.71. The highest BCUT2D eigenvalue weighted by atomic mass is 35.5. The number of hydrogen-bond donors (Lipinski definition) is 1. The highest BCUT2D eigenvalue weighted by Gasteiger charge is 2.13. The normalized spacial score (nSPS) is 10.1. The Kier molecular flexibility index (Phi) is 5.24. The molecule has 0 heterocycles. The number of carbonyl (C=O) groups is 2. The van der Waals surface area contributed by atoms with Gasteiger partial charge in [-0.05, 0) is 42.8 Å². The molecule has 23 heavy (non-hydrogen) atoms. The van der Waals surface area contributed by atoms with E-state index < -0.39 is 5.97 Å². The number of carbonyl (C=O) groups excluding carboxylic acids is 2. The summed E-state index contributed by atoms with van der Waals surface area (Å²) in [4.78, 5) is 23.9. The molecule has 0 fully saturated rings. The molecule has 0 aliphatic carbocycles. The van der Waals surface area contributed by atoms with Gasteiger partial charge < -0.3 is 14.8 Å². The van der Waals surface area contributed by atoms with Crippen molar-refractivity contribution >= 4 is 29.2 Å². The molecule has 1 N–H and O–H groups in total. The van der Waals surface area contributed by atoms with Crippen LogP contribution < -0.4 is 10.1 Å². The highest BCUT2D eigenvalue weighted by Crippen LogP contribution is 2.26. The Balaban J connectivity index is 2.26. The molecule has 0 aliphatic heterocycles. The molecule has 0 unspecified atom stereocenters. The fourth-order valence-electron chi connectivity index (χ4n) is 2.00. The number of anilines is 1. The highest BCUT2D eigenvalue weighted by molar-refractivity contribution is 6.32. The van der Waals surface area contributed by atoms with Crippen molar-refractivity contribution in [3.63, 3.8) is 0 Å². The fraction of sp³-hybridized carbons (Fsp3) is 0.176. The molecule has 0 atom stereocenters. The lowest BCUT2D eigenvalue weighted by Crippen LogP contribution is -2.13. The van der Waals surface area contributed by atoms with Crippen molar-refractivity contribution in [2.75, 3.05) is 19.5 Å². The van der Waals surface area contributed by atoms with E-state index in [9.17, 15) is 9.59 Å². The fourth-order valence-corrected chi connectivity index (χ4v) is 2.26. The second-order valence-electron chi connectivity index (χ2n) is 4.82. The van der Waals surface area contributed by atoms with Gasteiger partial charge in [0.2, 0.25) is 0 Å². The van der Waals surface area contributed by atoms with Crippen LogP contribution in [0.2, 0.25) is 5.02 Å². The summed E-state index contributed by atoms with van der Waals surface area (Å²) in [6.45, 7) is 1.83. The van der Waals surface area contributed by atoms with Crippen LogP contribution in [-0.4, -0.2) is 26.1 Å². The average Bonchev–Trinajstić information content (AvgIpc) is 2.55. The third-order valence-corrected chi connectivity index (χ3v) is 3.62. The third-order valence-electron chi connectivity index (χ3n) is 3.32. The Morgan fingerprint density at radius 2 is 1.74 bits per heavy atom. The van der Waals surface area contributed by atoms with Gasteiger partial charge in [-0.1, -0.05) is 17.7 Å². The number of nitrogens with one attached hydrogen (secondary N) is 1. The summed E-state index contributed by atoms with van der Waals surface area (Å²) in [6.07, 6.45) is 0. The van der Waals surface area contributed by atoms with Gasteiger partial charge in [-0.25, -0.2) is 4.79 Å². The van der Waals surface area contributed by atoms with Crippen LogP contribution in [0.25, 0.3) is 0 Å². The molecule has 2 aromatic rings. The topological polar surface area (TPSA) is 64.6 Å². The van der Waals surface area contributed by atoms with Crippen LogP contribution in [0.3, 0.4) is 0 Å². The lowest BCUT2D eigenvalue weighted by atomic mass is 10.1. The molecule has 0 aromatic heterocycles. The molecule has 0 radical (unpaired) electrons. The van der Waals surface area contributed by atoms with E-state index >= 15 is 0 Å². The molecule has 0 spiro atoms. The summed E-state index contributed by atoms with van der Waals surface area (Å²) in [5, 5.41) is 3.11. The SMILES string of the molecule is COC(=O)c1ccc(C)c(NC(=O)c2ccc(OC)c(Cl)c2)c1. The molecule has 0 saturated heterocycles. The van der Waals surface area contributed by atoms with Gasteiger partial charge in [0.1, 0.15) is 5.75 Å². The molecule has 5 nitrogen and oxygen atoms in total. The molecule has 0 bridgehead atoms. The summed E-state index contributed by atoms with van der Waals surface area (Å²) < 4.78 is 9.74. The van der Waals surface area contributed by atoms with E-state index in [4.69, 9.17) is 16.3 Å². The molecule has 1 amide bonds. The summed E-state index contributed by atoms with van der Waals surface area (Å²) in [5.74, 6) is -0.306. The van der Waals surface area contributed by atoms with Crippen LogP contribution >= 0.6 is 11.6 Å². The number of esters is 1. The average molecular weight is 334 g/mol. The number of rotatable bonds is 4. The van der Waals surface area contributed by atoms with Gasteiger partial charge >= 0.3 is 5.97 Å². The quantitative estimate of drug-likeness (QED) is 0.866. The second-order valence-corrected chi connectivity index (χ2v) is 5.23. The third kappa shape index (κ3) is 3.81. The van der Waals surface area contributed by atoms with Crippen molar-refractivity contribution in [1.82, 2.24) is 0 Å². The van der Waals surface area contributed by atoms with Crippen LogP contribution in [0.1, 0.15) is 26.3 Å². The zero-order valence-electron chi connectivity index (χ0n) is 13.0. The maximum Gasteiger partial charge on any atom is 0.337 e. The van der Waals surface area contributed by atoms with Gasteiger partial charge in [-0.15, -0.1) is 0 Å². The number of aryl methyl sites for hydroxylation is 1. The first kappa shape index (κ1) is 16.8. The van der Waals surface area contributed by atoms with E-state index in [1.54, 1.807) is 30.3 Å². The summed E-state index contributed by atoms with van der Waals surface area (Å²) in [5.41, 5.74) is 2.11. The smallest absolute Gasteiger partial charge is 0.337 e.